The number of benzene rings is 9. The molecule has 5 heteroatoms. The van der Waals surface area contributed by atoms with Crippen LogP contribution in [0.5, 0.6) is 0 Å². The van der Waals surface area contributed by atoms with E-state index < -0.39 is 0 Å². The Morgan fingerprint density at radius 3 is 1.79 bits per heavy atom. The molecule has 0 aliphatic rings. The quantitative estimate of drug-likeness (QED) is 0.158. The summed E-state index contributed by atoms with van der Waals surface area (Å²) in [5.41, 5.74) is 13.0. The summed E-state index contributed by atoms with van der Waals surface area (Å²) in [5, 5.41) is 6.65. The summed E-state index contributed by atoms with van der Waals surface area (Å²) in [7, 11) is 0. The van der Waals surface area contributed by atoms with Gasteiger partial charge in [-0.25, -0.2) is 19.9 Å². The summed E-state index contributed by atoms with van der Waals surface area (Å²) in [6.07, 6.45) is 0. The Kier molecular flexibility index (Phi) is 8.10. The van der Waals surface area contributed by atoms with E-state index in [1.165, 1.54) is 10.8 Å². The molecule has 0 atom stereocenters. The van der Waals surface area contributed by atoms with Gasteiger partial charge in [-0.15, -0.1) is 0 Å². The van der Waals surface area contributed by atoms with Crippen molar-refractivity contribution in [2.45, 2.75) is 0 Å². The smallest absolute Gasteiger partial charge is 0.160 e. The minimum absolute atomic E-state index is 0.695. The Morgan fingerprint density at radius 1 is 0.344 bits per heavy atom. The highest BCUT2D eigenvalue weighted by molar-refractivity contribution is 6.20. The third-order valence-electron chi connectivity index (χ3n) is 11.8. The van der Waals surface area contributed by atoms with Crippen molar-refractivity contribution < 1.29 is 0 Å². The molecule has 9 aromatic carbocycles. The third kappa shape index (κ3) is 5.86. The number of nitrogens with zero attached hydrogens (tertiary/aromatic N) is 5. The van der Waals surface area contributed by atoms with Crippen LogP contribution in [0.15, 0.2) is 212 Å². The van der Waals surface area contributed by atoms with Gasteiger partial charge in [0.05, 0.1) is 33.5 Å². The Labute approximate surface area is 351 Å². The summed E-state index contributed by atoms with van der Waals surface area (Å²) in [6.45, 7) is 0. The second kappa shape index (κ2) is 14.2. The fourth-order valence-electron chi connectivity index (χ4n) is 8.91. The van der Waals surface area contributed by atoms with Crippen molar-refractivity contribution in [3.05, 3.63) is 212 Å². The first kappa shape index (κ1) is 34.7. The molecule has 0 fully saturated rings. The number of fused-ring (bicyclic) bond motifs is 7. The van der Waals surface area contributed by atoms with Crippen LogP contribution in [0, 0.1) is 0 Å². The molecule has 0 saturated carbocycles. The van der Waals surface area contributed by atoms with Gasteiger partial charge in [-0.2, -0.15) is 0 Å². The molecule has 12 aromatic rings. The standard InChI is InChI=1S/C56H35N5/c1-3-16-39(17-4-1)56-60-54-50(61(56)42-21-5-2-6-22-42)34-33-45-44-24-9-11-27-48(44)57-52(51(45)54)38-31-29-36(30-32-38)40-19-13-20-41(35-40)55-58-49-28-12-10-25-47(49)53(59-55)46-26-14-18-37-15-7-8-23-43(37)46/h1-35H. The summed E-state index contributed by atoms with van der Waals surface area (Å²) < 4.78 is 2.27. The zero-order valence-corrected chi connectivity index (χ0v) is 32.9. The Hall–Kier alpha value is -8.28. The van der Waals surface area contributed by atoms with Crippen molar-refractivity contribution in [3.63, 3.8) is 0 Å². The molecule has 0 aliphatic carbocycles. The lowest BCUT2D eigenvalue weighted by Gasteiger charge is -2.13. The zero-order valence-electron chi connectivity index (χ0n) is 32.9. The van der Waals surface area contributed by atoms with Gasteiger partial charge in [0, 0.05) is 44.1 Å². The minimum Gasteiger partial charge on any atom is -0.292 e. The van der Waals surface area contributed by atoms with Crippen LogP contribution in [0.1, 0.15) is 0 Å². The van der Waals surface area contributed by atoms with Crippen LogP contribution >= 0.6 is 0 Å². The predicted octanol–water partition coefficient (Wildman–Crippen LogP) is 14.2. The number of pyridine rings is 1. The Balaban J connectivity index is 0.995. The molecule has 0 bridgehead atoms. The van der Waals surface area contributed by atoms with Crippen LogP contribution in [0.25, 0.3) is 116 Å². The van der Waals surface area contributed by atoms with E-state index in [1.54, 1.807) is 0 Å². The number of hydrogen-bond donors (Lipinski definition) is 0. The van der Waals surface area contributed by atoms with Crippen LogP contribution in [0.3, 0.4) is 0 Å². The molecule has 0 spiro atoms. The molecule has 61 heavy (non-hydrogen) atoms. The highest BCUT2D eigenvalue weighted by atomic mass is 15.1. The number of aromatic nitrogens is 5. The van der Waals surface area contributed by atoms with Crippen molar-refractivity contribution >= 4 is 54.4 Å². The SMILES string of the molecule is c1ccc(-c2nc3c4c(-c5ccc(-c6cccc(-c7nc(-c8cccc9ccccc89)c8ccccc8n7)c6)cc5)nc5ccccc5c4ccc3n2-c2ccccc2)cc1. The van der Waals surface area contributed by atoms with Crippen LogP contribution in [-0.2, 0) is 0 Å². The second-order valence-corrected chi connectivity index (χ2v) is 15.4. The van der Waals surface area contributed by atoms with Crippen LogP contribution < -0.4 is 0 Å². The molecule has 284 valence electrons. The highest BCUT2D eigenvalue weighted by Crippen LogP contribution is 2.41. The van der Waals surface area contributed by atoms with E-state index in [0.29, 0.717) is 5.82 Å². The topological polar surface area (TPSA) is 56.5 Å². The lowest BCUT2D eigenvalue weighted by Crippen LogP contribution is -1.97. The number of para-hydroxylation sites is 3. The van der Waals surface area contributed by atoms with Gasteiger partial charge in [0.15, 0.2) is 5.82 Å². The van der Waals surface area contributed by atoms with Gasteiger partial charge in [0.1, 0.15) is 5.82 Å². The average molecular weight is 778 g/mol. The van der Waals surface area contributed by atoms with E-state index in [2.05, 4.69) is 205 Å². The minimum atomic E-state index is 0.695. The Morgan fingerprint density at radius 2 is 0.967 bits per heavy atom. The van der Waals surface area contributed by atoms with E-state index in [9.17, 15) is 0 Å². The molecule has 0 unspecified atom stereocenters. The van der Waals surface area contributed by atoms with Crippen molar-refractivity contribution in [3.8, 4) is 62.1 Å². The third-order valence-corrected chi connectivity index (χ3v) is 11.8. The maximum absolute atomic E-state index is 5.45. The molecule has 12 rings (SSSR count). The van der Waals surface area contributed by atoms with Crippen LogP contribution in [0.2, 0.25) is 0 Å². The van der Waals surface area contributed by atoms with E-state index in [0.717, 1.165) is 99.9 Å². The first-order valence-electron chi connectivity index (χ1n) is 20.6. The van der Waals surface area contributed by atoms with E-state index in [1.807, 2.05) is 12.1 Å². The molecule has 3 heterocycles. The molecular weight excluding hydrogens is 743 g/mol. The van der Waals surface area contributed by atoms with Gasteiger partial charge in [-0.05, 0) is 63.7 Å². The number of rotatable bonds is 6. The van der Waals surface area contributed by atoms with Crippen LogP contribution in [0.4, 0.5) is 0 Å². The van der Waals surface area contributed by atoms with Gasteiger partial charge >= 0.3 is 0 Å². The van der Waals surface area contributed by atoms with Crippen molar-refractivity contribution in [1.82, 2.24) is 24.5 Å². The molecule has 0 N–H and O–H groups in total. The fraction of sp³-hybridized carbons (Fsp3) is 0. The largest absolute Gasteiger partial charge is 0.292 e. The highest BCUT2D eigenvalue weighted by Gasteiger charge is 2.21. The van der Waals surface area contributed by atoms with Crippen molar-refractivity contribution in [1.29, 1.82) is 0 Å². The fourth-order valence-corrected chi connectivity index (χ4v) is 8.91. The van der Waals surface area contributed by atoms with Gasteiger partial charge < -0.3 is 0 Å². The van der Waals surface area contributed by atoms with E-state index in [4.69, 9.17) is 19.9 Å². The molecule has 5 nitrogen and oxygen atoms in total. The van der Waals surface area contributed by atoms with E-state index in [-0.39, 0.29) is 0 Å². The second-order valence-electron chi connectivity index (χ2n) is 15.4. The average Bonchev–Trinajstić information content (AvgIpc) is 3.74. The Bertz CT molecular complexity index is 3630. The van der Waals surface area contributed by atoms with Gasteiger partial charge in [-0.3, -0.25) is 4.57 Å². The molecular formula is C56H35N5. The molecule has 0 radical (unpaired) electrons. The summed E-state index contributed by atoms with van der Waals surface area (Å²) in [6, 6.07) is 74.3. The summed E-state index contributed by atoms with van der Waals surface area (Å²) in [4.78, 5) is 21.2. The molecule has 0 amide bonds. The first-order valence-corrected chi connectivity index (χ1v) is 20.6. The number of imidazole rings is 1. The normalized spacial score (nSPS) is 11.6. The van der Waals surface area contributed by atoms with Crippen LogP contribution in [-0.4, -0.2) is 24.5 Å². The van der Waals surface area contributed by atoms with Gasteiger partial charge in [0.25, 0.3) is 0 Å². The van der Waals surface area contributed by atoms with Crippen molar-refractivity contribution in [2.24, 2.45) is 0 Å². The molecule has 3 aromatic heterocycles. The molecule has 0 aliphatic heterocycles. The first-order chi connectivity index (χ1) is 30.2. The zero-order chi connectivity index (χ0) is 40.3. The number of hydrogen-bond acceptors (Lipinski definition) is 4. The van der Waals surface area contributed by atoms with Crippen molar-refractivity contribution in [2.75, 3.05) is 0 Å². The monoisotopic (exact) mass is 777 g/mol. The lowest BCUT2D eigenvalue weighted by atomic mass is 9.96. The van der Waals surface area contributed by atoms with Gasteiger partial charge in [0.2, 0.25) is 0 Å². The lowest BCUT2D eigenvalue weighted by molar-refractivity contribution is 1.10. The maximum Gasteiger partial charge on any atom is 0.160 e. The predicted molar refractivity (Wildman–Crippen MR) is 252 cm³/mol. The molecule has 0 saturated heterocycles. The summed E-state index contributed by atoms with van der Waals surface area (Å²) in [5.74, 6) is 1.59. The van der Waals surface area contributed by atoms with Gasteiger partial charge in [-0.1, -0.05) is 176 Å². The maximum atomic E-state index is 5.45. The van der Waals surface area contributed by atoms with E-state index >= 15 is 0 Å². The summed E-state index contributed by atoms with van der Waals surface area (Å²) >= 11 is 0.